The first-order valence-electron chi connectivity index (χ1n) is 7.84. The molecule has 0 unspecified atom stereocenters. The van der Waals surface area contributed by atoms with Crippen LogP contribution in [0.25, 0.3) is 0 Å². The highest BCUT2D eigenvalue weighted by atomic mass is 16.6. The van der Waals surface area contributed by atoms with Crippen molar-refractivity contribution in [2.75, 3.05) is 13.2 Å². The molecule has 0 aromatic heterocycles. The summed E-state index contributed by atoms with van der Waals surface area (Å²) >= 11 is 0. The summed E-state index contributed by atoms with van der Waals surface area (Å²) < 4.78 is 15.9. The normalized spacial score (nSPS) is 20.4. The van der Waals surface area contributed by atoms with E-state index in [-0.39, 0.29) is 23.8 Å². The molecule has 0 radical (unpaired) electrons. The molecule has 1 aliphatic heterocycles. The Balaban J connectivity index is 0.000000980. The second-order valence-corrected chi connectivity index (χ2v) is 5.33. The Kier molecular flexibility index (Phi) is 11.4. The summed E-state index contributed by atoms with van der Waals surface area (Å²) in [6, 6.07) is 0. The summed E-state index contributed by atoms with van der Waals surface area (Å²) in [5.74, 6) is -0.328. The van der Waals surface area contributed by atoms with Crippen LogP contribution >= 0.6 is 0 Å². The van der Waals surface area contributed by atoms with Gasteiger partial charge in [0.25, 0.3) is 0 Å². The Morgan fingerprint density at radius 3 is 1.86 bits per heavy atom. The zero-order chi connectivity index (χ0) is 17.0. The Bertz CT molecular complexity index is 321. The van der Waals surface area contributed by atoms with Crippen molar-refractivity contribution in [3.05, 3.63) is 0 Å². The maximum Gasteiger partial charge on any atom is 0.306 e. The summed E-state index contributed by atoms with van der Waals surface area (Å²) in [4.78, 5) is 32.4. The van der Waals surface area contributed by atoms with Gasteiger partial charge in [0.05, 0.1) is 13.2 Å². The largest absolute Gasteiger partial charge is 0.458 e. The van der Waals surface area contributed by atoms with Crippen molar-refractivity contribution in [1.82, 2.24) is 0 Å². The molecule has 6 heteroatoms. The SMILES string of the molecule is CC(C)=O.CCCC(=O)O[C@@H]1CCOC[C@H]1OC(=O)CCC. The first-order valence-corrected chi connectivity index (χ1v) is 7.84. The van der Waals surface area contributed by atoms with E-state index in [9.17, 15) is 14.4 Å². The number of Topliss-reactive ketones (excluding diaryl/α,β-unsaturated/α-hetero) is 1. The van der Waals surface area contributed by atoms with Crippen LogP contribution in [-0.2, 0) is 28.6 Å². The van der Waals surface area contributed by atoms with Crippen LogP contribution in [0.3, 0.4) is 0 Å². The first-order chi connectivity index (χ1) is 10.4. The monoisotopic (exact) mass is 316 g/mol. The van der Waals surface area contributed by atoms with E-state index >= 15 is 0 Å². The third-order valence-electron chi connectivity index (χ3n) is 2.72. The molecule has 0 saturated carbocycles. The zero-order valence-electron chi connectivity index (χ0n) is 14.1. The number of hydrogen-bond acceptors (Lipinski definition) is 6. The van der Waals surface area contributed by atoms with Gasteiger partial charge in [-0.15, -0.1) is 0 Å². The van der Waals surface area contributed by atoms with E-state index < -0.39 is 6.10 Å². The minimum atomic E-state index is -0.460. The molecule has 0 bridgehead atoms. The molecule has 2 atom stereocenters. The van der Waals surface area contributed by atoms with Gasteiger partial charge in [0.1, 0.15) is 11.9 Å². The maximum absolute atomic E-state index is 11.5. The summed E-state index contributed by atoms with van der Waals surface area (Å²) in [6.07, 6.45) is 2.03. The Morgan fingerprint density at radius 1 is 0.955 bits per heavy atom. The van der Waals surface area contributed by atoms with Gasteiger partial charge in [0, 0.05) is 19.3 Å². The lowest BCUT2D eigenvalue weighted by molar-refractivity contribution is -0.182. The van der Waals surface area contributed by atoms with Crippen LogP contribution in [0, 0.1) is 0 Å². The number of carbonyl (C=O) groups is 3. The van der Waals surface area contributed by atoms with Crippen LogP contribution in [0.5, 0.6) is 0 Å². The Morgan fingerprint density at radius 2 is 1.41 bits per heavy atom. The van der Waals surface area contributed by atoms with Crippen LogP contribution in [0.4, 0.5) is 0 Å². The minimum Gasteiger partial charge on any atom is -0.458 e. The molecular formula is C16H28O6. The smallest absolute Gasteiger partial charge is 0.306 e. The predicted octanol–water partition coefficient (Wildman–Crippen LogP) is 2.43. The molecule has 0 N–H and O–H groups in total. The molecule has 6 nitrogen and oxygen atoms in total. The number of rotatable bonds is 6. The highest BCUT2D eigenvalue weighted by Gasteiger charge is 2.31. The van der Waals surface area contributed by atoms with Crippen molar-refractivity contribution in [1.29, 1.82) is 0 Å². The van der Waals surface area contributed by atoms with Crippen molar-refractivity contribution in [2.45, 2.75) is 72.0 Å². The molecule has 0 aliphatic carbocycles. The van der Waals surface area contributed by atoms with Gasteiger partial charge < -0.3 is 19.0 Å². The molecule has 22 heavy (non-hydrogen) atoms. The van der Waals surface area contributed by atoms with E-state index in [1.165, 1.54) is 13.8 Å². The molecule has 1 aliphatic rings. The first kappa shape index (κ1) is 20.6. The fraction of sp³-hybridized carbons (Fsp3) is 0.812. The lowest BCUT2D eigenvalue weighted by Gasteiger charge is -2.30. The summed E-state index contributed by atoms with van der Waals surface area (Å²) in [5, 5.41) is 0. The fourth-order valence-corrected chi connectivity index (χ4v) is 1.80. The number of esters is 2. The van der Waals surface area contributed by atoms with E-state index in [2.05, 4.69) is 0 Å². The Labute approximate surface area is 132 Å². The Hall–Kier alpha value is -1.43. The second-order valence-electron chi connectivity index (χ2n) is 5.33. The number of ether oxygens (including phenoxy) is 3. The van der Waals surface area contributed by atoms with Gasteiger partial charge in [-0.3, -0.25) is 9.59 Å². The van der Waals surface area contributed by atoms with E-state index in [1.807, 2.05) is 13.8 Å². The predicted molar refractivity (Wildman–Crippen MR) is 81.4 cm³/mol. The van der Waals surface area contributed by atoms with Crippen LogP contribution in [-0.4, -0.2) is 43.1 Å². The molecule has 0 aromatic carbocycles. The number of hydrogen-bond donors (Lipinski definition) is 0. The lowest BCUT2D eigenvalue weighted by Crippen LogP contribution is -2.43. The molecule has 1 heterocycles. The van der Waals surface area contributed by atoms with E-state index in [0.29, 0.717) is 32.5 Å². The van der Waals surface area contributed by atoms with E-state index in [1.54, 1.807) is 0 Å². The van der Waals surface area contributed by atoms with Gasteiger partial charge in [-0.05, 0) is 26.7 Å². The van der Waals surface area contributed by atoms with Gasteiger partial charge in [0.15, 0.2) is 6.10 Å². The second kappa shape index (κ2) is 12.1. The molecule has 1 rings (SSSR count). The van der Waals surface area contributed by atoms with Crippen LogP contribution in [0.15, 0.2) is 0 Å². The summed E-state index contributed by atoms with van der Waals surface area (Å²) in [5.41, 5.74) is 0. The van der Waals surface area contributed by atoms with E-state index in [4.69, 9.17) is 14.2 Å². The third kappa shape index (κ3) is 10.3. The van der Waals surface area contributed by atoms with Crippen molar-refractivity contribution in [3.8, 4) is 0 Å². The van der Waals surface area contributed by atoms with Crippen LogP contribution in [0.2, 0.25) is 0 Å². The maximum atomic E-state index is 11.5. The fourth-order valence-electron chi connectivity index (χ4n) is 1.80. The molecule has 128 valence electrons. The standard InChI is InChI=1S/C13H22O5.C3H6O/c1-3-5-12(14)17-10-7-8-16-9-11(10)18-13(15)6-4-2;1-3(2)4/h10-11H,3-9H2,1-2H3;1-2H3/t10-,11-;/m1./s1. The summed E-state index contributed by atoms with van der Waals surface area (Å²) in [6.45, 7) is 7.73. The zero-order valence-corrected chi connectivity index (χ0v) is 14.1. The van der Waals surface area contributed by atoms with Crippen LogP contribution in [0.1, 0.15) is 59.8 Å². The van der Waals surface area contributed by atoms with Crippen LogP contribution < -0.4 is 0 Å². The number of carbonyl (C=O) groups excluding carboxylic acids is 3. The van der Waals surface area contributed by atoms with Crippen molar-refractivity contribution < 1.29 is 28.6 Å². The van der Waals surface area contributed by atoms with Gasteiger partial charge in [-0.2, -0.15) is 0 Å². The third-order valence-corrected chi connectivity index (χ3v) is 2.72. The van der Waals surface area contributed by atoms with Gasteiger partial charge in [0.2, 0.25) is 0 Å². The van der Waals surface area contributed by atoms with E-state index in [0.717, 1.165) is 12.8 Å². The van der Waals surface area contributed by atoms with Gasteiger partial charge in [-0.1, -0.05) is 13.8 Å². The highest BCUT2D eigenvalue weighted by molar-refractivity contribution is 5.72. The van der Waals surface area contributed by atoms with Gasteiger partial charge >= 0.3 is 11.9 Å². The average Bonchev–Trinajstić information content (AvgIpc) is 2.41. The molecular weight excluding hydrogens is 288 g/mol. The minimum absolute atomic E-state index is 0.167. The molecule has 1 saturated heterocycles. The highest BCUT2D eigenvalue weighted by Crippen LogP contribution is 2.17. The van der Waals surface area contributed by atoms with Crippen molar-refractivity contribution in [2.24, 2.45) is 0 Å². The van der Waals surface area contributed by atoms with Crippen molar-refractivity contribution >= 4 is 17.7 Å². The number of ketones is 1. The lowest BCUT2D eigenvalue weighted by atomic mass is 10.1. The molecule has 0 spiro atoms. The summed E-state index contributed by atoms with van der Waals surface area (Å²) in [7, 11) is 0. The molecule has 0 aromatic rings. The molecule has 0 amide bonds. The molecule has 1 fully saturated rings. The average molecular weight is 316 g/mol. The van der Waals surface area contributed by atoms with Crippen molar-refractivity contribution in [3.63, 3.8) is 0 Å². The van der Waals surface area contributed by atoms with Gasteiger partial charge in [-0.25, -0.2) is 0 Å². The quantitative estimate of drug-likeness (QED) is 0.700. The topological polar surface area (TPSA) is 78.9 Å².